The second-order valence-corrected chi connectivity index (χ2v) is 4.89. The number of ether oxygens (including phenoxy) is 1. The lowest BCUT2D eigenvalue weighted by Gasteiger charge is -2.14. The Bertz CT molecular complexity index is 339. The highest BCUT2D eigenvalue weighted by molar-refractivity contribution is 5.28. The van der Waals surface area contributed by atoms with E-state index in [1.54, 1.807) is 0 Å². The predicted octanol–water partition coefficient (Wildman–Crippen LogP) is 2.52. The predicted molar refractivity (Wildman–Crippen MR) is 77.1 cm³/mol. The molecule has 0 saturated carbocycles. The molecule has 0 unspecified atom stereocenters. The van der Waals surface area contributed by atoms with E-state index in [-0.39, 0.29) is 6.10 Å². The first-order chi connectivity index (χ1) is 8.61. The summed E-state index contributed by atoms with van der Waals surface area (Å²) in [4.78, 5) is 2.30. The molecule has 0 bridgehead atoms. The van der Waals surface area contributed by atoms with Gasteiger partial charge in [-0.25, -0.2) is 0 Å². The molecular formula is C15H26N2O. The maximum absolute atomic E-state index is 5.68. The van der Waals surface area contributed by atoms with Crippen LogP contribution in [0.15, 0.2) is 24.3 Å². The van der Waals surface area contributed by atoms with E-state index in [0.29, 0.717) is 0 Å². The largest absolute Gasteiger partial charge is 0.491 e. The summed E-state index contributed by atoms with van der Waals surface area (Å²) >= 11 is 0. The lowest BCUT2D eigenvalue weighted by atomic mass is 10.2. The summed E-state index contributed by atoms with van der Waals surface area (Å²) in [6.07, 6.45) is 0.228. The first-order valence-corrected chi connectivity index (χ1v) is 6.76. The smallest absolute Gasteiger partial charge is 0.120 e. The SMILES string of the molecule is CCN(C)CCNCc1cccc(OC(C)C)c1. The molecule has 0 aromatic heterocycles. The van der Waals surface area contributed by atoms with E-state index in [0.717, 1.165) is 31.9 Å². The molecule has 0 aliphatic carbocycles. The fourth-order valence-corrected chi connectivity index (χ4v) is 1.66. The Morgan fingerprint density at radius 3 is 2.78 bits per heavy atom. The third-order valence-corrected chi connectivity index (χ3v) is 2.81. The molecule has 0 aliphatic rings. The number of likely N-dealkylation sites (N-methyl/N-ethyl adjacent to an activating group) is 1. The average Bonchev–Trinajstić information content (AvgIpc) is 2.34. The van der Waals surface area contributed by atoms with Gasteiger partial charge in [-0.15, -0.1) is 0 Å². The molecule has 0 spiro atoms. The van der Waals surface area contributed by atoms with Crippen LogP contribution in [0.1, 0.15) is 26.3 Å². The number of nitrogens with one attached hydrogen (secondary N) is 1. The second-order valence-electron chi connectivity index (χ2n) is 4.89. The summed E-state index contributed by atoms with van der Waals surface area (Å²) in [5, 5.41) is 3.45. The van der Waals surface area contributed by atoms with Crippen molar-refractivity contribution in [3.63, 3.8) is 0 Å². The van der Waals surface area contributed by atoms with Crippen molar-refractivity contribution in [1.29, 1.82) is 0 Å². The molecule has 0 aliphatic heterocycles. The number of hydrogen-bond donors (Lipinski definition) is 1. The Morgan fingerprint density at radius 1 is 1.33 bits per heavy atom. The van der Waals surface area contributed by atoms with Gasteiger partial charge < -0.3 is 15.0 Å². The van der Waals surface area contributed by atoms with Crippen LogP contribution in [0.3, 0.4) is 0 Å². The second kappa shape index (κ2) is 8.11. The van der Waals surface area contributed by atoms with Crippen LogP contribution in [0.25, 0.3) is 0 Å². The Kier molecular flexibility index (Phi) is 6.76. The maximum atomic E-state index is 5.68. The van der Waals surface area contributed by atoms with Crippen molar-refractivity contribution in [3.8, 4) is 5.75 Å². The fraction of sp³-hybridized carbons (Fsp3) is 0.600. The maximum Gasteiger partial charge on any atom is 0.120 e. The molecule has 0 heterocycles. The number of hydrogen-bond acceptors (Lipinski definition) is 3. The van der Waals surface area contributed by atoms with E-state index in [2.05, 4.69) is 36.3 Å². The van der Waals surface area contributed by atoms with Crippen molar-refractivity contribution in [2.45, 2.75) is 33.4 Å². The number of nitrogens with zero attached hydrogens (tertiary/aromatic N) is 1. The van der Waals surface area contributed by atoms with Gasteiger partial charge in [-0.2, -0.15) is 0 Å². The highest BCUT2D eigenvalue weighted by Gasteiger charge is 1.99. The third kappa shape index (κ3) is 6.03. The van der Waals surface area contributed by atoms with Gasteiger partial charge in [0.15, 0.2) is 0 Å². The zero-order chi connectivity index (χ0) is 13.4. The normalized spacial score (nSPS) is 11.2. The fourth-order valence-electron chi connectivity index (χ4n) is 1.66. The van der Waals surface area contributed by atoms with Gasteiger partial charge in [-0.05, 0) is 45.1 Å². The molecule has 0 amide bonds. The summed E-state index contributed by atoms with van der Waals surface area (Å²) in [6, 6.07) is 8.29. The van der Waals surface area contributed by atoms with E-state index < -0.39 is 0 Å². The van der Waals surface area contributed by atoms with Gasteiger partial charge >= 0.3 is 0 Å². The van der Waals surface area contributed by atoms with Crippen LogP contribution in [0.5, 0.6) is 5.75 Å². The first kappa shape index (κ1) is 15.0. The Labute approximate surface area is 111 Å². The Morgan fingerprint density at radius 2 is 2.11 bits per heavy atom. The van der Waals surface area contributed by atoms with Crippen LogP contribution < -0.4 is 10.1 Å². The van der Waals surface area contributed by atoms with Gasteiger partial charge in [0.2, 0.25) is 0 Å². The van der Waals surface area contributed by atoms with Crippen molar-refractivity contribution in [2.75, 3.05) is 26.7 Å². The van der Waals surface area contributed by atoms with Crippen LogP contribution in [0.2, 0.25) is 0 Å². The third-order valence-electron chi connectivity index (χ3n) is 2.81. The van der Waals surface area contributed by atoms with E-state index in [1.165, 1.54) is 5.56 Å². The zero-order valence-corrected chi connectivity index (χ0v) is 12.1. The lowest BCUT2D eigenvalue weighted by Crippen LogP contribution is -2.28. The van der Waals surface area contributed by atoms with Crippen LogP contribution >= 0.6 is 0 Å². The van der Waals surface area contributed by atoms with E-state index in [4.69, 9.17) is 4.74 Å². The minimum Gasteiger partial charge on any atom is -0.491 e. The van der Waals surface area contributed by atoms with Gasteiger partial charge in [0, 0.05) is 19.6 Å². The molecule has 1 rings (SSSR count). The van der Waals surface area contributed by atoms with Crippen molar-refractivity contribution in [2.24, 2.45) is 0 Å². The molecule has 3 nitrogen and oxygen atoms in total. The van der Waals surface area contributed by atoms with Gasteiger partial charge in [0.05, 0.1) is 6.10 Å². The number of benzene rings is 1. The summed E-state index contributed by atoms with van der Waals surface area (Å²) in [7, 11) is 2.14. The summed E-state index contributed by atoms with van der Waals surface area (Å²) in [5.41, 5.74) is 1.27. The van der Waals surface area contributed by atoms with Crippen LogP contribution in [-0.2, 0) is 6.54 Å². The highest BCUT2D eigenvalue weighted by atomic mass is 16.5. The topological polar surface area (TPSA) is 24.5 Å². The summed E-state index contributed by atoms with van der Waals surface area (Å²) < 4.78 is 5.68. The number of rotatable bonds is 8. The molecule has 1 aromatic rings. The summed E-state index contributed by atoms with van der Waals surface area (Å²) in [6.45, 7) is 10.4. The molecule has 3 heteroatoms. The Balaban J connectivity index is 2.33. The Hall–Kier alpha value is -1.06. The van der Waals surface area contributed by atoms with E-state index in [1.807, 2.05) is 26.0 Å². The van der Waals surface area contributed by atoms with Gasteiger partial charge in [0.25, 0.3) is 0 Å². The highest BCUT2D eigenvalue weighted by Crippen LogP contribution is 2.14. The minimum atomic E-state index is 0.228. The van der Waals surface area contributed by atoms with Crippen molar-refractivity contribution >= 4 is 0 Å². The molecule has 1 N–H and O–H groups in total. The molecular weight excluding hydrogens is 224 g/mol. The monoisotopic (exact) mass is 250 g/mol. The van der Waals surface area contributed by atoms with Crippen LogP contribution in [0.4, 0.5) is 0 Å². The zero-order valence-electron chi connectivity index (χ0n) is 12.1. The van der Waals surface area contributed by atoms with Crippen LogP contribution in [0, 0.1) is 0 Å². The minimum absolute atomic E-state index is 0.228. The van der Waals surface area contributed by atoms with E-state index >= 15 is 0 Å². The molecule has 0 radical (unpaired) electrons. The van der Waals surface area contributed by atoms with Gasteiger partial charge in [0.1, 0.15) is 5.75 Å². The lowest BCUT2D eigenvalue weighted by molar-refractivity contribution is 0.242. The van der Waals surface area contributed by atoms with Crippen molar-refractivity contribution in [1.82, 2.24) is 10.2 Å². The standard InChI is InChI=1S/C15H26N2O/c1-5-17(4)10-9-16-12-14-7-6-8-15(11-14)18-13(2)3/h6-8,11,13,16H,5,9-10,12H2,1-4H3. The van der Waals surface area contributed by atoms with Gasteiger partial charge in [-0.1, -0.05) is 19.1 Å². The molecule has 0 fully saturated rings. The van der Waals surface area contributed by atoms with Gasteiger partial charge in [-0.3, -0.25) is 0 Å². The van der Waals surface area contributed by atoms with Crippen LogP contribution in [-0.4, -0.2) is 37.7 Å². The molecule has 102 valence electrons. The van der Waals surface area contributed by atoms with Crippen molar-refractivity contribution < 1.29 is 4.74 Å². The average molecular weight is 250 g/mol. The first-order valence-electron chi connectivity index (χ1n) is 6.76. The quantitative estimate of drug-likeness (QED) is 0.718. The summed E-state index contributed by atoms with van der Waals surface area (Å²) in [5.74, 6) is 0.954. The molecule has 1 aromatic carbocycles. The molecule has 18 heavy (non-hydrogen) atoms. The van der Waals surface area contributed by atoms with Crippen molar-refractivity contribution in [3.05, 3.63) is 29.8 Å². The molecule has 0 saturated heterocycles. The van der Waals surface area contributed by atoms with E-state index in [9.17, 15) is 0 Å². The molecule has 0 atom stereocenters.